The Bertz CT molecular complexity index is 474. The average Bonchev–Trinajstić information content (AvgIpc) is 2.30. The van der Waals surface area contributed by atoms with Crippen molar-refractivity contribution in [3.8, 4) is 16.9 Å². The van der Waals surface area contributed by atoms with Crippen LogP contribution < -0.4 is 4.74 Å². The monoisotopic (exact) mass is 296 g/mol. The molecule has 0 saturated carbocycles. The second-order valence-corrected chi connectivity index (χ2v) is 4.59. The maximum Gasteiger partial charge on any atom is 0.118 e. The number of methoxy groups -OCH3 is 1. The first-order valence-corrected chi connectivity index (χ1v) is 5.98. The summed E-state index contributed by atoms with van der Waals surface area (Å²) in [5.41, 5.74) is 2.07. The van der Waals surface area contributed by atoms with Crippen molar-refractivity contribution in [2.24, 2.45) is 0 Å². The van der Waals surface area contributed by atoms with Gasteiger partial charge < -0.3 is 4.74 Å². The van der Waals surface area contributed by atoms with Crippen LogP contribution in [0, 0.1) is 0 Å². The van der Waals surface area contributed by atoms with Gasteiger partial charge in [-0.25, -0.2) is 0 Å². The summed E-state index contributed by atoms with van der Waals surface area (Å²) in [7, 11) is 1.65. The molecule has 3 heteroatoms. The fraction of sp³-hybridized carbons (Fsp3) is 0.0769. The van der Waals surface area contributed by atoms with E-state index < -0.39 is 0 Å². The van der Waals surface area contributed by atoms with Crippen LogP contribution in [0.25, 0.3) is 11.1 Å². The maximum absolute atomic E-state index is 6.18. The molecule has 0 N–H and O–H groups in total. The average molecular weight is 298 g/mol. The molecule has 1 nitrogen and oxygen atoms in total. The molecule has 0 unspecified atom stereocenters. The number of ether oxygens (including phenoxy) is 1. The fourth-order valence-electron chi connectivity index (χ4n) is 1.53. The zero-order chi connectivity index (χ0) is 11.5. The van der Waals surface area contributed by atoms with Gasteiger partial charge in [-0.3, -0.25) is 0 Å². The first-order chi connectivity index (χ1) is 7.72. The minimum Gasteiger partial charge on any atom is -0.497 e. The van der Waals surface area contributed by atoms with Crippen molar-refractivity contribution in [3.05, 3.63) is 52.0 Å². The first-order valence-electron chi connectivity index (χ1n) is 4.81. The van der Waals surface area contributed by atoms with Crippen LogP contribution in [0.2, 0.25) is 5.02 Å². The van der Waals surface area contributed by atoms with E-state index in [0.717, 1.165) is 26.4 Å². The molecule has 2 aromatic carbocycles. The number of halogens is 2. The van der Waals surface area contributed by atoms with Gasteiger partial charge in [-0.05, 0) is 29.8 Å². The van der Waals surface area contributed by atoms with Crippen LogP contribution in [0.5, 0.6) is 5.75 Å². The summed E-state index contributed by atoms with van der Waals surface area (Å²) in [5, 5.41) is 0.736. The van der Waals surface area contributed by atoms with Gasteiger partial charge in [0.25, 0.3) is 0 Å². The minimum atomic E-state index is 0.736. The fourth-order valence-corrected chi connectivity index (χ4v) is 2.52. The van der Waals surface area contributed by atoms with Gasteiger partial charge in [-0.2, -0.15) is 0 Å². The van der Waals surface area contributed by atoms with Gasteiger partial charge in [-0.1, -0.05) is 45.7 Å². The first kappa shape index (κ1) is 11.5. The summed E-state index contributed by atoms with van der Waals surface area (Å²) in [6.45, 7) is 0. The lowest BCUT2D eigenvalue weighted by atomic mass is 10.1. The zero-order valence-electron chi connectivity index (χ0n) is 8.71. The molecule has 16 heavy (non-hydrogen) atoms. The molecule has 0 aromatic heterocycles. The van der Waals surface area contributed by atoms with Crippen molar-refractivity contribution in [1.29, 1.82) is 0 Å². The van der Waals surface area contributed by atoms with Crippen molar-refractivity contribution in [1.82, 2.24) is 0 Å². The highest BCUT2D eigenvalue weighted by atomic mass is 79.9. The van der Waals surface area contributed by atoms with Gasteiger partial charge in [0, 0.05) is 15.1 Å². The number of hydrogen-bond acceptors (Lipinski definition) is 1. The molecule has 0 saturated heterocycles. The van der Waals surface area contributed by atoms with Gasteiger partial charge >= 0.3 is 0 Å². The van der Waals surface area contributed by atoms with E-state index in [2.05, 4.69) is 15.9 Å². The van der Waals surface area contributed by atoms with Gasteiger partial charge in [0.1, 0.15) is 5.75 Å². The smallest absolute Gasteiger partial charge is 0.118 e. The Morgan fingerprint density at radius 3 is 2.31 bits per heavy atom. The maximum atomic E-state index is 6.18. The molecule has 0 amide bonds. The molecule has 0 aliphatic carbocycles. The van der Waals surface area contributed by atoms with Gasteiger partial charge in [0.2, 0.25) is 0 Å². The van der Waals surface area contributed by atoms with Crippen LogP contribution in [0.3, 0.4) is 0 Å². The van der Waals surface area contributed by atoms with E-state index in [-0.39, 0.29) is 0 Å². The standard InChI is InChI=1S/C13H10BrClO/c1-16-10-7-5-9(6-8-10)13-11(14)3-2-4-12(13)15/h2-8H,1H3. The predicted octanol–water partition coefficient (Wildman–Crippen LogP) is 4.78. The zero-order valence-corrected chi connectivity index (χ0v) is 11.0. The van der Waals surface area contributed by atoms with Crippen molar-refractivity contribution in [2.45, 2.75) is 0 Å². The third-order valence-corrected chi connectivity index (χ3v) is 3.32. The Hall–Kier alpha value is -0.990. The molecule has 0 fully saturated rings. The lowest BCUT2D eigenvalue weighted by Crippen LogP contribution is -1.84. The second kappa shape index (κ2) is 4.89. The summed E-state index contributed by atoms with van der Waals surface area (Å²) in [4.78, 5) is 0. The number of hydrogen-bond donors (Lipinski definition) is 0. The van der Waals surface area contributed by atoms with Crippen LogP contribution in [0.15, 0.2) is 46.9 Å². The van der Waals surface area contributed by atoms with E-state index in [9.17, 15) is 0 Å². The van der Waals surface area contributed by atoms with E-state index in [1.807, 2.05) is 42.5 Å². The van der Waals surface area contributed by atoms with Gasteiger partial charge in [0.15, 0.2) is 0 Å². The van der Waals surface area contributed by atoms with Gasteiger partial charge in [-0.15, -0.1) is 0 Å². The molecule has 82 valence electrons. The predicted molar refractivity (Wildman–Crippen MR) is 71.1 cm³/mol. The highest BCUT2D eigenvalue weighted by Crippen LogP contribution is 2.35. The molecule has 0 aliphatic heterocycles. The largest absolute Gasteiger partial charge is 0.497 e. The van der Waals surface area contributed by atoms with Gasteiger partial charge in [0.05, 0.1) is 7.11 Å². The van der Waals surface area contributed by atoms with Crippen LogP contribution in [-0.4, -0.2) is 7.11 Å². The van der Waals surface area contributed by atoms with Crippen LogP contribution in [0.1, 0.15) is 0 Å². The molecule has 2 aromatic rings. The topological polar surface area (TPSA) is 9.23 Å². The molecular formula is C13H10BrClO. The Morgan fingerprint density at radius 1 is 1.06 bits per heavy atom. The summed E-state index contributed by atoms with van der Waals surface area (Å²) < 4.78 is 6.11. The molecule has 0 heterocycles. The molecular weight excluding hydrogens is 287 g/mol. The van der Waals surface area contributed by atoms with E-state index in [0.29, 0.717) is 0 Å². The van der Waals surface area contributed by atoms with Crippen molar-refractivity contribution >= 4 is 27.5 Å². The second-order valence-electron chi connectivity index (χ2n) is 3.33. The summed E-state index contributed by atoms with van der Waals surface area (Å²) in [6, 6.07) is 13.6. The Balaban J connectivity index is 2.50. The van der Waals surface area contributed by atoms with Crippen LogP contribution in [-0.2, 0) is 0 Å². The SMILES string of the molecule is COc1ccc(-c2c(Cl)cccc2Br)cc1. The van der Waals surface area contributed by atoms with E-state index in [1.54, 1.807) is 7.11 Å². The molecule has 0 atom stereocenters. The molecule has 0 aliphatic rings. The quantitative estimate of drug-likeness (QED) is 0.775. The number of benzene rings is 2. The lowest BCUT2D eigenvalue weighted by molar-refractivity contribution is 0.415. The van der Waals surface area contributed by atoms with Crippen LogP contribution >= 0.6 is 27.5 Å². The molecule has 0 spiro atoms. The summed E-state index contributed by atoms with van der Waals surface area (Å²) in [6.07, 6.45) is 0. The Kier molecular flexibility index (Phi) is 3.52. The molecule has 0 bridgehead atoms. The molecule has 0 radical (unpaired) electrons. The third kappa shape index (κ3) is 2.23. The lowest BCUT2D eigenvalue weighted by Gasteiger charge is -2.08. The molecule has 2 rings (SSSR count). The minimum absolute atomic E-state index is 0.736. The highest BCUT2D eigenvalue weighted by Gasteiger charge is 2.07. The third-order valence-electron chi connectivity index (χ3n) is 2.34. The van der Waals surface area contributed by atoms with Crippen LogP contribution in [0.4, 0.5) is 0 Å². The van der Waals surface area contributed by atoms with Crippen molar-refractivity contribution < 1.29 is 4.74 Å². The number of rotatable bonds is 2. The normalized spacial score (nSPS) is 10.2. The van der Waals surface area contributed by atoms with Crippen molar-refractivity contribution in [2.75, 3.05) is 7.11 Å². The van der Waals surface area contributed by atoms with E-state index in [4.69, 9.17) is 16.3 Å². The Labute approximate surface area is 108 Å². The van der Waals surface area contributed by atoms with E-state index in [1.165, 1.54) is 0 Å². The van der Waals surface area contributed by atoms with Crippen molar-refractivity contribution in [3.63, 3.8) is 0 Å². The Morgan fingerprint density at radius 2 is 1.75 bits per heavy atom. The highest BCUT2D eigenvalue weighted by molar-refractivity contribution is 9.10. The summed E-state index contributed by atoms with van der Waals surface area (Å²) >= 11 is 9.68. The summed E-state index contributed by atoms with van der Waals surface area (Å²) in [5.74, 6) is 0.840. The van der Waals surface area contributed by atoms with E-state index >= 15 is 0 Å².